The Hall–Kier alpha value is -3.75. The van der Waals surface area contributed by atoms with Gasteiger partial charge in [0.15, 0.2) is 0 Å². The Bertz CT molecular complexity index is 1220. The van der Waals surface area contributed by atoms with Crippen LogP contribution in [0.1, 0.15) is 54.6 Å². The fourth-order valence-corrected chi connectivity index (χ4v) is 4.88. The molecule has 1 aromatic carbocycles. The van der Waals surface area contributed by atoms with E-state index in [2.05, 4.69) is 22.2 Å². The van der Waals surface area contributed by atoms with Gasteiger partial charge in [0.25, 0.3) is 0 Å². The molecule has 2 aliphatic rings. The lowest BCUT2D eigenvalue weighted by Gasteiger charge is -2.23. The average molecular weight is 511 g/mol. The minimum Gasteiger partial charge on any atom is -0.497 e. The Morgan fingerprint density at radius 3 is 2.57 bits per heavy atom. The molecular formula is C28H32F2N4O3. The Morgan fingerprint density at radius 2 is 2.00 bits per heavy atom. The maximum absolute atomic E-state index is 15.0. The molecule has 0 bridgehead atoms. The molecule has 4 rings (SSSR count). The van der Waals surface area contributed by atoms with E-state index in [0.29, 0.717) is 25.8 Å². The van der Waals surface area contributed by atoms with Crippen molar-refractivity contribution in [1.29, 1.82) is 0 Å². The maximum atomic E-state index is 15.0. The van der Waals surface area contributed by atoms with Crippen molar-refractivity contribution in [2.45, 2.75) is 50.6 Å². The van der Waals surface area contributed by atoms with E-state index in [4.69, 9.17) is 4.74 Å². The molecule has 2 fully saturated rings. The number of nitrogens with zero attached hydrogens (tertiary/aromatic N) is 2. The third-order valence-electron chi connectivity index (χ3n) is 6.97. The van der Waals surface area contributed by atoms with E-state index < -0.39 is 35.2 Å². The number of hydrogen-bond donors (Lipinski definition) is 2. The molecule has 2 aromatic rings. The molecule has 1 aliphatic carbocycles. The zero-order valence-corrected chi connectivity index (χ0v) is 21.3. The topological polar surface area (TPSA) is 83.6 Å². The van der Waals surface area contributed by atoms with Gasteiger partial charge in [-0.2, -0.15) is 0 Å². The summed E-state index contributed by atoms with van der Waals surface area (Å²) in [5.74, 6) is -2.84. The summed E-state index contributed by atoms with van der Waals surface area (Å²) in [5, 5.41) is 5.67. The van der Waals surface area contributed by atoms with Crippen LogP contribution in [0.4, 0.5) is 13.6 Å². The third-order valence-corrected chi connectivity index (χ3v) is 6.97. The number of nitrogens with one attached hydrogen (secondary N) is 2. The molecule has 196 valence electrons. The summed E-state index contributed by atoms with van der Waals surface area (Å²) in [6.07, 6.45) is 7.49. The molecule has 2 N–H and O–H groups in total. The second kappa shape index (κ2) is 10.7. The molecule has 1 aromatic heterocycles. The van der Waals surface area contributed by atoms with Gasteiger partial charge in [0.05, 0.1) is 18.3 Å². The van der Waals surface area contributed by atoms with E-state index in [1.54, 1.807) is 6.08 Å². The van der Waals surface area contributed by atoms with Crippen molar-refractivity contribution in [3.05, 3.63) is 77.1 Å². The number of likely N-dealkylation sites (tertiary alicyclic amines) is 1. The van der Waals surface area contributed by atoms with Crippen LogP contribution in [0.2, 0.25) is 0 Å². The van der Waals surface area contributed by atoms with Gasteiger partial charge >= 0.3 is 6.03 Å². The van der Waals surface area contributed by atoms with Gasteiger partial charge < -0.3 is 20.3 Å². The van der Waals surface area contributed by atoms with Crippen LogP contribution in [-0.4, -0.2) is 48.1 Å². The number of pyridine rings is 1. The number of hydrogen-bond acceptors (Lipinski definition) is 4. The molecule has 7 nitrogen and oxygen atoms in total. The minimum absolute atomic E-state index is 0.0419. The molecule has 3 amide bonds. The standard InChI is InChI=1S/C28H32F2N4O3/c1-5-7-8-18-9-10-23(31-17(18)3)28(11-12-28)33-27(36)32-25-20(16-34(13-6-2)26(25)35)24-21(29)14-19(37-4)15-22(24)30/h5,7-10,14-15,20,25H,1,6,11-13,16H2,2-4H3,(H2,32,33,36)/b8-7-/t20-,25-/m0/s1. The van der Waals surface area contributed by atoms with Crippen molar-refractivity contribution < 1.29 is 23.1 Å². The van der Waals surface area contributed by atoms with Crippen LogP contribution in [0.15, 0.2) is 43.0 Å². The normalized spacial score (nSPS) is 20.2. The van der Waals surface area contributed by atoms with Crippen molar-refractivity contribution in [2.24, 2.45) is 0 Å². The zero-order chi connectivity index (χ0) is 26.7. The summed E-state index contributed by atoms with van der Waals surface area (Å²) in [4.78, 5) is 32.5. The predicted octanol–water partition coefficient (Wildman–Crippen LogP) is 4.57. The SMILES string of the molecule is C=C/C=C\c1ccc(C2(NC(=O)N[C@@H]3C(=O)N(CCC)C[C@H]3c3c(F)cc(OC)cc3F)CC2)nc1C. The molecule has 9 heteroatoms. The van der Waals surface area contributed by atoms with E-state index >= 15 is 0 Å². The average Bonchev–Trinajstić information content (AvgIpc) is 3.58. The van der Waals surface area contributed by atoms with Gasteiger partial charge in [-0.05, 0) is 37.8 Å². The highest BCUT2D eigenvalue weighted by Gasteiger charge is 2.49. The monoisotopic (exact) mass is 510 g/mol. The van der Waals surface area contributed by atoms with Gasteiger partial charge in [0, 0.05) is 42.4 Å². The van der Waals surface area contributed by atoms with Crippen LogP contribution in [0.5, 0.6) is 5.75 Å². The summed E-state index contributed by atoms with van der Waals surface area (Å²) < 4.78 is 34.9. The van der Waals surface area contributed by atoms with Gasteiger partial charge in [0.2, 0.25) is 5.91 Å². The smallest absolute Gasteiger partial charge is 0.316 e. The first-order valence-electron chi connectivity index (χ1n) is 12.4. The molecule has 0 radical (unpaired) electrons. The minimum atomic E-state index is -1.11. The van der Waals surface area contributed by atoms with Gasteiger partial charge in [-0.15, -0.1) is 0 Å². The lowest BCUT2D eigenvalue weighted by atomic mass is 9.92. The lowest BCUT2D eigenvalue weighted by Crippen LogP contribution is -2.50. The third kappa shape index (κ3) is 5.35. The molecule has 2 atom stereocenters. The number of amides is 3. The van der Waals surface area contributed by atoms with Gasteiger partial charge in [-0.1, -0.05) is 37.8 Å². The van der Waals surface area contributed by atoms with Crippen molar-refractivity contribution in [2.75, 3.05) is 20.2 Å². The van der Waals surface area contributed by atoms with Crippen LogP contribution in [0.25, 0.3) is 6.08 Å². The van der Waals surface area contributed by atoms with Gasteiger partial charge in [-0.25, -0.2) is 13.6 Å². The molecule has 1 saturated carbocycles. The summed E-state index contributed by atoms with van der Waals surface area (Å²) in [5.41, 5.74) is 1.61. The number of methoxy groups -OCH3 is 1. The number of carbonyl (C=O) groups excluding carboxylic acids is 2. The van der Waals surface area contributed by atoms with E-state index in [1.165, 1.54) is 12.0 Å². The predicted molar refractivity (Wildman–Crippen MR) is 137 cm³/mol. The van der Waals surface area contributed by atoms with Crippen molar-refractivity contribution >= 4 is 18.0 Å². The Morgan fingerprint density at radius 1 is 1.30 bits per heavy atom. The molecule has 2 heterocycles. The highest BCUT2D eigenvalue weighted by Crippen LogP contribution is 2.45. The number of rotatable bonds is 9. The maximum Gasteiger partial charge on any atom is 0.316 e. The summed E-state index contributed by atoms with van der Waals surface area (Å²) >= 11 is 0. The number of aryl methyl sites for hydroxylation is 1. The fraction of sp³-hybridized carbons (Fsp3) is 0.393. The Labute approximate surface area is 215 Å². The second-order valence-corrected chi connectivity index (χ2v) is 9.52. The molecule has 37 heavy (non-hydrogen) atoms. The van der Waals surface area contributed by atoms with Crippen molar-refractivity contribution in [3.63, 3.8) is 0 Å². The van der Waals surface area contributed by atoms with Gasteiger partial charge in [0.1, 0.15) is 23.4 Å². The van der Waals surface area contributed by atoms with E-state index in [9.17, 15) is 18.4 Å². The van der Waals surface area contributed by atoms with Crippen LogP contribution in [-0.2, 0) is 10.3 Å². The molecule has 1 saturated heterocycles. The van der Waals surface area contributed by atoms with Gasteiger partial charge in [-0.3, -0.25) is 9.78 Å². The Kier molecular flexibility index (Phi) is 7.61. The summed E-state index contributed by atoms with van der Waals surface area (Å²) in [6.45, 7) is 8.00. The van der Waals surface area contributed by atoms with Crippen LogP contribution >= 0.6 is 0 Å². The number of benzene rings is 1. The van der Waals surface area contributed by atoms with Crippen molar-refractivity contribution in [3.8, 4) is 5.75 Å². The van der Waals surface area contributed by atoms with E-state index in [1.807, 2.05) is 38.1 Å². The first kappa shape index (κ1) is 26.3. The van der Waals surface area contributed by atoms with Crippen LogP contribution in [0.3, 0.4) is 0 Å². The van der Waals surface area contributed by atoms with Crippen LogP contribution < -0.4 is 15.4 Å². The fourth-order valence-electron chi connectivity index (χ4n) is 4.88. The zero-order valence-electron chi connectivity index (χ0n) is 21.3. The molecule has 1 aliphatic heterocycles. The van der Waals surface area contributed by atoms with E-state index in [-0.39, 0.29) is 23.8 Å². The lowest BCUT2D eigenvalue weighted by molar-refractivity contribution is -0.129. The largest absolute Gasteiger partial charge is 0.497 e. The second-order valence-electron chi connectivity index (χ2n) is 9.52. The molecule has 0 unspecified atom stereocenters. The number of carbonyl (C=O) groups is 2. The summed E-state index contributed by atoms with van der Waals surface area (Å²) in [6, 6.07) is 4.29. The molecule has 0 spiro atoms. The number of urea groups is 1. The summed E-state index contributed by atoms with van der Waals surface area (Å²) in [7, 11) is 1.32. The number of allylic oxidation sites excluding steroid dienone is 2. The number of aromatic nitrogens is 1. The highest BCUT2D eigenvalue weighted by atomic mass is 19.1. The first-order valence-corrected chi connectivity index (χ1v) is 12.4. The first-order chi connectivity index (χ1) is 17.7. The van der Waals surface area contributed by atoms with Crippen LogP contribution in [0, 0.1) is 18.6 Å². The molecular weight excluding hydrogens is 478 g/mol. The number of halogens is 2. The Balaban J connectivity index is 1.55. The quantitative estimate of drug-likeness (QED) is 0.484. The van der Waals surface area contributed by atoms with Crippen molar-refractivity contribution in [1.82, 2.24) is 20.5 Å². The van der Waals surface area contributed by atoms with E-state index in [0.717, 1.165) is 29.1 Å². The highest BCUT2D eigenvalue weighted by molar-refractivity contribution is 5.90. The number of ether oxygens (including phenoxy) is 1.